The van der Waals surface area contributed by atoms with Crippen molar-refractivity contribution in [1.82, 2.24) is 10.2 Å². The van der Waals surface area contributed by atoms with Crippen LogP contribution in [0.25, 0.3) is 0 Å². The molecule has 0 aliphatic rings. The molecule has 0 aliphatic heterocycles. The summed E-state index contributed by atoms with van der Waals surface area (Å²) in [7, 11) is 1.53. The first-order valence-corrected chi connectivity index (χ1v) is 7.96. The molecule has 0 fully saturated rings. The van der Waals surface area contributed by atoms with E-state index in [9.17, 15) is 14.4 Å². The lowest BCUT2D eigenvalue weighted by atomic mass is 10.0. The number of rotatable bonds is 8. The smallest absolute Gasteiger partial charge is 0.242 e. The average Bonchev–Trinajstić information content (AvgIpc) is 2.57. The van der Waals surface area contributed by atoms with Crippen molar-refractivity contribution in [2.45, 2.75) is 53.1 Å². The van der Waals surface area contributed by atoms with E-state index in [0.717, 1.165) is 23.0 Å². The quantitative estimate of drug-likeness (QED) is 0.748. The Labute approximate surface area is 139 Å². The SMILES string of the molecule is CC.CNC(=O)C(CCC=O)N(C=O)Cc1c(C)cccc1C. The highest BCUT2D eigenvalue weighted by Crippen LogP contribution is 2.17. The molecule has 0 radical (unpaired) electrons. The van der Waals surface area contributed by atoms with E-state index in [0.29, 0.717) is 19.4 Å². The average molecular weight is 320 g/mol. The lowest BCUT2D eigenvalue weighted by Gasteiger charge is -2.27. The molecule has 0 saturated carbocycles. The molecule has 5 heteroatoms. The Morgan fingerprint density at radius 2 is 1.78 bits per heavy atom. The van der Waals surface area contributed by atoms with Crippen LogP contribution in [0.3, 0.4) is 0 Å². The van der Waals surface area contributed by atoms with E-state index in [1.54, 1.807) is 0 Å². The van der Waals surface area contributed by atoms with Gasteiger partial charge in [0.1, 0.15) is 12.3 Å². The van der Waals surface area contributed by atoms with Crippen LogP contribution >= 0.6 is 0 Å². The fourth-order valence-corrected chi connectivity index (χ4v) is 2.34. The van der Waals surface area contributed by atoms with Crippen molar-refractivity contribution >= 4 is 18.6 Å². The number of carbonyl (C=O) groups is 3. The van der Waals surface area contributed by atoms with Crippen molar-refractivity contribution < 1.29 is 14.4 Å². The summed E-state index contributed by atoms with van der Waals surface area (Å²) in [6.07, 6.45) is 2.01. The Morgan fingerprint density at radius 3 is 2.22 bits per heavy atom. The number of amides is 2. The number of nitrogens with zero attached hydrogens (tertiary/aromatic N) is 1. The van der Waals surface area contributed by atoms with Gasteiger partial charge < -0.3 is 15.0 Å². The molecule has 1 aromatic rings. The number of aryl methyl sites for hydroxylation is 2. The Kier molecular flexibility index (Phi) is 10.3. The Balaban J connectivity index is 0.00000232. The molecule has 1 rings (SSSR count). The van der Waals surface area contributed by atoms with Crippen LogP contribution in [-0.2, 0) is 20.9 Å². The minimum absolute atomic E-state index is 0.245. The van der Waals surface area contributed by atoms with E-state index in [4.69, 9.17) is 0 Å². The number of hydrogen-bond donors (Lipinski definition) is 1. The fraction of sp³-hybridized carbons (Fsp3) is 0.500. The van der Waals surface area contributed by atoms with Crippen molar-refractivity contribution in [2.24, 2.45) is 0 Å². The highest BCUT2D eigenvalue weighted by Gasteiger charge is 2.24. The van der Waals surface area contributed by atoms with Gasteiger partial charge in [-0.2, -0.15) is 0 Å². The zero-order valence-corrected chi connectivity index (χ0v) is 14.8. The maximum Gasteiger partial charge on any atom is 0.242 e. The lowest BCUT2D eigenvalue weighted by Crippen LogP contribution is -2.45. The van der Waals surface area contributed by atoms with E-state index in [1.807, 2.05) is 45.9 Å². The third-order valence-electron chi connectivity index (χ3n) is 3.63. The summed E-state index contributed by atoms with van der Waals surface area (Å²) in [4.78, 5) is 35.4. The summed E-state index contributed by atoms with van der Waals surface area (Å²) in [5, 5.41) is 2.55. The van der Waals surface area contributed by atoms with E-state index in [-0.39, 0.29) is 12.3 Å². The van der Waals surface area contributed by atoms with Crippen molar-refractivity contribution in [3.8, 4) is 0 Å². The van der Waals surface area contributed by atoms with E-state index >= 15 is 0 Å². The summed E-state index contributed by atoms with van der Waals surface area (Å²) in [5.74, 6) is -0.254. The summed E-state index contributed by atoms with van der Waals surface area (Å²) in [6.45, 7) is 8.32. The van der Waals surface area contributed by atoms with Crippen molar-refractivity contribution in [1.29, 1.82) is 0 Å². The second kappa shape index (κ2) is 11.4. The molecule has 1 atom stereocenters. The monoisotopic (exact) mass is 320 g/mol. The van der Waals surface area contributed by atoms with Gasteiger partial charge in [-0.25, -0.2) is 0 Å². The molecule has 0 bridgehead atoms. The molecule has 128 valence electrons. The number of likely N-dealkylation sites (N-methyl/N-ethyl adjacent to an activating group) is 1. The summed E-state index contributed by atoms with van der Waals surface area (Å²) in [6, 6.07) is 5.29. The van der Waals surface area contributed by atoms with Gasteiger partial charge in [0.25, 0.3) is 0 Å². The van der Waals surface area contributed by atoms with Gasteiger partial charge in [0.15, 0.2) is 0 Å². The molecule has 0 spiro atoms. The van der Waals surface area contributed by atoms with Crippen LogP contribution in [-0.4, -0.2) is 36.6 Å². The summed E-state index contributed by atoms with van der Waals surface area (Å²) in [5.41, 5.74) is 3.19. The first-order valence-electron chi connectivity index (χ1n) is 7.96. The first-order chi connectivity index (χ1) is 11.0. The molecule has 1 aromatic carbocycles. The molecule has 2 amide bonds. The molecule has 5 nitrogen and oxygen atoms in total. The first kappa shape index (κ1) is 20.8. The second-order valence-corrected chi connectivity index (χ2v) is 5.02. The summed E-state index contributed by atoms with van der Waals surface area (Å²) < 4.78 is 0. The van der Waals surface area contributed by atoms with Gasteiger partial charge in [-0.1, -0.05) is 32.0 Å². The largest absolute Gasteiger partial charge is 0.357 e. The second-order valence-electron chi connectivity index (χ2n) is 5.02. The Bertz CT molecular complexity index is 495. The molecule has 1 unspecified atom stereocenters. The van der Waals surface area contributed by atoms with Crippen molar-refractivity contribution in [3.63, 3.8) is 0 Å². The highest BCUT2D eigenvalue weighted by molar-refractivity contribution is 5.83. The maximum atomic E-state index is 12.0. The number of hydrogen-bond acceptors (Lipinski definition) is 3. The lowest BCUT2D eigenvalue weighted by molar-refractivity contribution is -0.133. The molecule has 1 N–H and O–H groups in total. The third-order valence-corrected chi connectivity index (χ3v) is 3.63. The zero-order valence-electron chi connectivity index (χ0n) is 14.8. The topological polar surface area (TPSA) is 66.5 Å². The van der Waals surface area contributed by atoms with Crippen molar-refractivity contribution in [3.05, 3.63) is 34.9 Å². The van der Waals surface area contributed by atoms with E-state index < -0.39 is 6.04 Å². The summed E-state index contributed by atoms with van der Waals surface area (Å²) >= 11 is 0. The van der Waals surface area contributed by atoms with E-state index in [2.05, 4.69) is 5.32 Å². The van der Waals surface area contributed by atoms with Gasteiger partial charge in [0.05, 0.1) is 0 Å². The number of nitrogens with one attached hydrogen (secondary N) is 1. The highest BCUT2D eigenvalue weighted by atomic mass is 16.2. The van der Waals surface area contributed by atoms with E-state index in [1.165, 1.54) is 11.9 Å². The van der Waals surface area contributed by atoms with Crippen molar-refractivity contribution in [2.75, 3.05) is 7.05 Å². The predicted octanol–water partition coefficient (Wildman–Crippen LogP) is 2.38. The minimum Gasteiger partial charge on any atom is -0.357 e. The van der Waals surface area contributed by atoms with Crippen LogP contribution in [0.5, 0.6) is 0 Å². The van der Waals surface area contributed by atoms with Gasteiger partial charge in [-0.15, -0.1) is 0 Å². The van der Waals surface area contributed by atoms with Crippen LogP contribution in [0.4, 0.5) is 0 Å². The maximum absolute atomic E-state index is 12.0. The molecule has 0 aliphatic carbocycles. The van der Waals surface area contributed by atoms with Gasteiger partial charge in [-0.3, -0.25) is 9.59 Å². The normalized spacial score (nSPS) is 10.8. The third kappa shape index (κ3) is 6.22. The zero-order chi connectivity index (χ0) is 17.8. The van der Waals surface area contributed by atoms with Gasteiger partial charge in [0.2, 0.25) is 12.3 Å². The Morgan fingerprint density at radius 1 is 1.22 bits per heavy atom. The van der Waals surface area contributed by atoms with Crippen LogP contribution in [0.2, 0.25) is 0 Å². The number of carbonyl (C=O) groups excluding carboxylic acids is 3. The van der Waals surface area contributed by atoms with Crippen LogP contribution < -0.4 is 5.32 Å². The van der Waals surface area contributed by atoms with Crippen LogP contribution in [0.1, 0.15) is 43.4 Å². The fourth-order valence-electron chi connectivity index (χ4n) is 2.34. The Hall–Kier alpha value is -2.17. The molecular weight excluding hydrogens is 292 g/mol. The van der Waals surface area contributed by atoms with Gasteiger partial charge >= 0.3 is 0 Å². The minimum atomic E-state index is -0.628. The van der Waals surface area contributed by atoms with Gasteiger partial charge in [0, 0.05) is 20.0 Å². The molecule has 0 aromatic heterocycles. The van der Waals surface area contributed by atoms with Crippen LogP contribution in [0, 0.1) is 13.8 Å². The molecule has 0 heterocycles. The van der Waals surface area contributed by atoms with Crippen LogP contribution in [0.15, 0.2) is 18.2 Å². The number of aldehydes is 1. The predicted molar refractivity (Wildman–Crippen MR) is 92.0 cm³/mol. The molecular formula is C18H28N2O3. The molecule has 0 saturated heterocycles. The van der Waals surface area contributed by atoms with Gasteiger partial charge in [-0.05, 0) is 37.0 Å². The standard InChI is InChI=1S/C16H22N2O3.C2H6/c1-12-6-4-7-13(2)14(12)10-18(11-20)15(8-5-9-19)16(21)17-3;1-2/h4,6-7,9,11,15H,5,8,10H2,1-3H3,(H,17,21);1-2H3. The number of benzene rings is 1. The molecule has 23 heavy (non-hydrogen) atoms.